The number of nitrogens with zero attached hydrogens (tertiary/aromatic N) is 2. The van der Waals surface area contributed by atoms with Gasteiger partial charge >= 0.3 is 19.5 Å². The third-order valence-electron chi connectivity index (χ3n) is 17.6. The van der Waals surface area contributed by atoms with Gasteiger partial charge in [-0.2, -0.15) is 0 Å². The number of carbonyl (C=O) groups is 5. The molecule has 3 N–H and O–H groups in total. The Hall–Kier alpha value is -12.9. The van der Waals surface area contributed by atoms with Crippen molar-refractivity contribution in [3.05, 3.63) is 322 Å². The monoisotopic (exact) mass is 1540 g/mol. The van der Waals surface area contributed by atoms with Crippen LogP contribution in [0.1, 0.15) is 98.3 Å². The molecule has 0 spiro atoms. The van der Waals surface area contributed by atoms with Gasteiger partial charge in [-0.25, -0.2) is 45.9 Å². The molecule has 13 aromatic rings. The number of pyridine rings is 2. The van der Waals surface area contributed by atoms with E-state index in [2.05, 4.69) is 15.3 Å². The van der Waals surface area contributed by atoms with Gasteiger partial charge in [0, 0.05) is 50.6 Å². The second-order valence-corrected chi connectivity index (χ2v) is 27.0. The minimum Gasteiger partial charge on any atom is -0.489 e. The van der Waals surface area contributed by atoms with E-state index in [4.69, 9.17) is 23.3 Å². The van der Waals surface area contributed by atoms with E-state index in [9.17, 15) is 65.1 Å². The predicted octanol–water partition coefficient (Wildman–Crippen LogP) is 22.1. The smallest absolute Gasteiger partial charge is 0.367 e. The Morgan fingerprint density at radius 3 is 1.21 bits per heavy atom. The summed E-state index contributed by atoms with van der Waals surface area (Å²) in [7, 11) is -3.45. The first-order valence-corrected chi connectivity index (χ1v) is 36.5. The summed E-state index contributed by atoms with van der Waals surface area (Å²) >= 11 is 0. The number of carboxylic acids is 2. The molecular formula is C89H74F6N3O13P. The van der Waals surface area contributed by atoms with Gasteiger partial charge in [0.05, 0.1) is 58.0 Å². The molecule has 0 saturated carbocycles. The van der Waals surface area contributed by atoms with Gasteiger partial charge in [-0.1, -0.05) is 148 Å². The molecule has 0 saturated heterocycles. The number of hydrogen-bond donors (Lipinski definition) is 3. The Morgan fingerprint density at radius 2 is 0.812 bits per heavy atom. The molecule has 11 aromatic carbocycles. The van der Waals surface area contributed by atoms with Crippen LogP contribution in [-0.2, 0) is 31.6 Å². The second kappa shape index (κ2) is 37.0. The molecular weight excluding hydrogens is 1460 g/mol. The number of ether oxygens (including phenoxy) is 3. The maximum atomic E-state index is 14.7. The number of Topliss-reactive ketones (excluding diaryl/α,β-unsaturated/α-hetero) is 2. The lowest BCUT2D eigenvalue weighted by molar-refractivity contribution is -0.112. The number of rotatable bonds is 22. The van der Waals surface area contributed by atoms with E-state index >= 15 is 0 Å². The molecule has 0 unspecified atom stereocenters. The number of hydrogen-bond acceptors (Lipinski definition) is 13. The van der Waals surface area contributed by atoms with Crippen molar-refractivity contribution < 1.29 is 88.4 Å². The summed E-state index contributed by atoms with van der Waals surface area (Å²) in [5, 5.41) is 22.4. The van der Waals surface area contributed by atoms with Crippen LogP contribution in [0.15, 0.2) is 243 Å². The van der Waals surface area contributed by atoms with Crippen molar-refractivity contribution in [2.45, 2.75) is 61.7 Å². The largest absolute Gasteiger partial charge is 0.489 e. The van der Waals surface area contributed by atoms with E-state index in [-0.39, 0.29) is 83.2 Å². The lowest BCUT2D eigenvalue weighted by Crippen LogP contribution is -2.12. The second-order valence-electron chi connectivity index (χ2n) is 25.0. The highest BCUT2D eigenvalue weighted by atomic mass is 31.2. The third kappa shape index (κ3) is 19.8. The molecule has 112 heavy (non-hydrogen) atoms. The number of benzene rings is 11. The lowest BCUT2D eigenvalue weighted by atomic mass is 9.96. The topological polar surface area (TPSA) is 227 Å². The van der Waals surface area contributed by atoms with Crippen LogP contribution in [0.3, 0.4) is 0 Å². The summed E-state index contributed by atoms with van der Waals surface area (Å²) in [5.74, 6) is -4.98. The fourth-order valence-corrected chi connectivity index (χ4v) is 13.4. The number of halogens is 6. The molecule has 3 heterocycles. The minimum absolute atomic E-state index is 0. The molecule has 570 valence electrons. The van der Waals surface area contributed by atoms with Crippen molar-refractivity contribution >= 4 is 64.5 Å². The van der Waals surface area contributed by atoms with Gasteiger partial charge in [-0.15, -0.1) is 0 Å². The number of aromatic carboxylic acids is 2. The average Bonchev–Trinajstić information content (AvgIpc) is 0.920. The van der Waals surface area contributed by atoms with Crippen molar-refractivity contribution in [3.8, 4) is 73.1 Å². The third-order valence-corrected chi connectivity index (χ3v) is 19.4. The van der Waals surface area contributed by atoms with Crippen molar-refractivity contribution in [1.29, 1.82) is 0 Å². The average molecular weight is 1540 g/mol. The van der Waals surface area contributed by atoms with E-state index in [1.165, 1.54) is 72.8 Å². The lowest BCUT2D eigenvalue weighted by Gasteiger charge is -2.18. The molecule has 1 aliphatic heterocycles. The zero-order valence-electron chi connectivity index (χ0n) is 60.3. The number of fused-ring (bicyclic) bond motifs is 3. The Balaban J connectivity index is 0.000000167. The van der Waals surface area contributed by atoms with Gasteiger partial charge in [0.2, 0.25) is 0 Å². The zero-order valence-corrected chi connectivity index (χ0v) is 61.2. The van der Waals surface area contributed by atoms with Crippen LogP contribution >= 0.6 is 7.60 Å². The first kappa shape index (κ1) is 81.6. The Kier molecular flexibility index (Phi) is 27.0. The number of ketones is 2. The van der Waals surface area contributed by atoms with Gasteiger partial charge in [-0.3, -0.25) is 18.9 Å². The molecule has 23 heteroatoms. The van der Waals surface area contributed by atoms with Crippen LogP contribution in [0.5, 0.6) is 17.2 Å². The summed E-state index contributed by atoms with van der Waals surface area (Å²) in [6.07, 6.45) is 0.137. The van der Waals surface area contributed by atoms with Crippen molar-refractivity contribution in [3.63, 3.8) is 0 Å². The van der Waals surface area contributed by atoms with Crippen LogP contribution in [0.2, 0.25) is 0 Å². The van der Waals surface area contributed by atoms with E-state index < -0.39 is 54.5 Å². The Morgan fingerprint density at radius 1 is 0.438 bits per heavy atom. The summed E-state index contributed by atoms with van der Waals surface area (Å²) in [6.45, 7) is 9.67. The molecule has 0 fully saturated rings. The fraction of sp³-hybridized carbons (Fsp3) is 0.135. The zero-order chi connectivity index (χ0) is 79.0. The highest BCUT2D eigenvalue weighted by molar-refractivity contribution is 7.53. The highest BCUT2D eigenvalue weighted by Gasteiger charge is 2.29. The van der Waals surface area contributed by atoms with Gasteiger partial charge in [0.15, 0.2) is 12.1 Å². The van der Waals surface area contributed by atoms with Crippen LogP contribution in [0.4, 0.5) is 32.0 Å². The molecule has 2 aromatic heterocycles. The number of anilines is 1. The van der Waals surface area contributed by atoms with Gasteiger partial charge in [0.25, 0.3) is 11.7 Å². The van der Waals surface area contributed by atoms with E-state index in [0.717, 1.165) is 28.8 Å². The van der Waals surface area contributed by atoms with Gasteiger partial charge < -0.3 is 38.8 Å². The van der Waals surface area contributed by atoms with E-state index in [0.29, 0.717) is 109 Å². The molecule has 0 radical (unpaired) electrons. The maximum Gasteiger partial charge on any atom is 0.367 e. The molecule has 1 amide bonds. The minimum atomic E-state index is -3.45. The predicted molar refractivity (Wildman–Crippen MR) is 419 cm³/mol. The molecule has 0 atom stereocenters. The summed E-state index contributed by atoms with van der Waals surface area (Å²) in [5.41, 5.74) is 9.88. The van der Waals surface area contributed by atoms with Crippen LogP contribution < -0.4 is 19.5 Å². The molecule has 1 aliphatic rings. The quantitative estimate of drug-likeness (QED) is 0.0248. The number of amides is 1. The van der Waals surface area contributed by atoms with Crippen molar-refractivity contribution in [2.75, 3.05) is 24.9 Å². The van der Waals surface area contributed by atoms with Crippen molar-refractivity contribution in [2.24, 2.45) is 0 Å². The number of carbonyl (C=O) groups excluding carboxylic acids is 3. The molecule has 0 aliphatic carbocycles. The first-order valence-electron chi connectivity index (χ1n) is 34.8. The van der Waals surface area contributed by atoms with Gasteiger partial charge in [0.1, 0.15) is 65.4 Å². The summed E-state index contributed by atoms with van der Waals surface area (Å²) in [4.78, 5) is 66.6. The van der Waals surface area contributed by atoms with Crippen LogP contribution in [0.25, 0.3) is 77.7 Å². The highest BCUT2D eigenvalue weighted by Crippen LogP contribution is 2.48. The normalized spacial score (nSPS) is 11.3. The number of nitrogens with one attached hydrogen (secondary N) is 1. The number of aromatic nitrogens is 2. The first-order chi connectivity index (χ1) is 53.4. The molecule has 14 rings (SSSR count). The van der Waals surface area contributed by atoms with Crippen molar-refractivity contribution in [1.82, 2.24) is 9.97 Å². The number of carboxylic acid groups (broad SMARTS) is 2. The van der Waals surface area contributed by atoms with E-state index in [1.807, 2.05) is 67.6 Å². The SMILES string of the molecule is C.CCC(=O)c1ccc(-c2cc(OCc3ccccc3)ccc2F)cc1.CCOP(=O)(COc1ccc(F)c(-c2ccc(-c3nc4ccc(F)cc4c(C(=O)O)c3C)cc2)c1)OCC.Cc1c(-c2ccc(-c3cc(OCc4ccccc4)ccc3F)cc2)nc2ccc(F)cc2c1C(=O)O.O=C1Nc2ccc(F)cc2C1=O. The maximum absolute atomic E-state index is 14.7. The summed E-state index contributed by atoms with van der Waals surface area (Å²) < 4.78 is 124. The van der Waals surface area contributed by atoms with E-state index in [1.54, 1.807) is 125 Å². The molecule has 16 nitrogen and oxygen atoms in total. The van der Waals surface area contributed by atoms with Crippen LogP contribution in [-0.4, -0.2) is 69.2 Å². The van der Waals surface area contributed by atoms with Gasteiger partial charge in [-0.05, 0) is 176 Å². The Bertz CT molecular complexity index is 5670. The Labute approximate surface area is 641 Å². The van der Waals surface area contributed by atoms with Crippen LogP contribution in [0, 0.1) is 48.8 Å². The molecule has 0 bridgehead atoms. The standard InChI is InChI=1S/C30H21F2NO3.C28H26F2NO6P.C22H19FO2.C8H4FNO2.CH4/c1-18-28(30(34)35)25-15-22(31)11-14-27(25)33-29(18)21-9-7-20(8-10-21)24-16-23(12-13-26(24)32)36-17-19-5-3-2-4-6-19;1-4-36-38(34,37-5-2)16-35-21-11-12-24(30)22(15-21)18-6-8-19(9-7-18)27-17(3)26(28(32)33)23-14-20(29)10-13-25(23)31-27;1-2-22(24)18-10-8-17(9-11-18)20-14-19(12-13-21(20)23)25-15-16-6-4-3-5-7-16;9-4-1-2-6-5(3-4)7(11)8(12)10-6;/h2-16H,17H2,1H3,(H,34,35);6-15H,4-5,16H2,1-3H3,(H,32,33);3-14H,2,15H2,1H3;1-3H,(H,10,11,12);1H4. The summed E-state index contributed by atoms with van der Waals surface area (Å²) in [6, 6.07) is 65.2. The fourth-order valence-electron chi connectivity index (χ4n) is 12.1.